The zero-order valence-corrected chi connectivity index (χ0v) is 7.17. The Kier molecular flexibility index (Phi) is 2.53. The maximum absolute atomic E-state index is 5.73. The fourth-order valence-electron chi connectivity index (χ4n) is 1.06. The topological polar surface area (TPSA) is 26.0 Å². The van der Waals surface area contributed by atoms with Crippen LogP contribution in [-0.2, 0) is 0 Å². The molecule has 0 aromatic heterocycles. The monoisotopic (exact) mass is 149 g/mol. The lowest BCUT2D eigenvalue weighted by Crippen LogP contribution is -1.97. The maximum atomic E-state index is 5.73. The van der Waals surface area contributed by atoms with Crippen LogP contribution in [0.25, 0.3) is 0 Å². The molecule has 2 N–H and O–H groups in total. The summed E-state index contributed by atoms with van der Waals surface area (Å²) >= 11 is 0. The van der Waals surface area contributed by atoms with Gasteiger partial charge in [-0.3, -0.25) is 0 Å². The zero-order valence-electron chi connectivity index (χ0n) is 7.17. The van der Waals surface area contributed by atoms with Crippen LogP contribution < -0.4 is 5.73 Å². The van der Waals surface area contributed by atoms with Gasteiger partial charge in [0.05, 0.1) is 0 Å². The number of hydrogen-bond acceptors (Lipinski definition) is 1. The van der Waals surface area contributed by atoms with Crippen LogP contribution in [0.1, 0.15) is 20.3 Å². The van der Waals surface area contributed by atoms with Gasteiger partial charge in [-0.1, -0.05) is 32.1 Å². The van der Waals surface area contributed by atoms with E-state index in [0.29, 0.717) is 5.92 Å². The Bertz CT molecular complexity index is 219. The summed E-state index contributed by atoms with van der Waals surface area (Å²) in [6.45, 7) is 4.35. The molecule has 1 nitrogen and oxygen atoms in total. The van der Waals surface area contributed by atoms with E-state index in [2.05, 4.69) is 38.2 Å². The van der Waals surface area contributed by atoms with E-state index in [9.17, 15) is 0 Å². The molecule has 0 aliphatic heterocycles. The third-order valence-electron chi connectivity index (χ3n) is 1.80. The lowest BCUT2D eigenvalue weighted by atomic mass is 10.0. The SMILES string of the molecule is CC(C)C1=CC=CCC(N)=C1. The standard InChI is InChI=1S/C10H15N/c1-8(2)9-5-3-4-6-10(11)7-9/h3-5,7-8H,6,11H2,1-2H3. The van der Waals surface area contributed by atoms with Gasteiger partial charge in [0.2, 0.25) is 0 Å². The highest BCUT2D eigenvalue weighted by atomic mass is 14.6. The quantitative estimate of drug-likeness (QED) is 0.608. The number of rotatable bonds is 1. The molecule has 0 aromatic rings. The zero-order chi connectivity index (χ0) is 8.27. The predicted octanol–water partition coefficient (Wildman–Crippen LogP) is 2.37. The summed E-state index contributed by atoms with van der Waals surface area (Å²) in [6.07, 6.45) is 9.24. The van der Waals surface area contributed by atoms with Gasteiger partial charge < -0.3 is 5.73 Å². The van der Waals surface area contributed by atoms with Crippen molar-refractivity contribution in [3.05, 3.63) is 35.6 Å². The van der Waals surface area contributed by atoms with Gasteiger partial charge in [0, 0.05) is 12.1 Å². The van der Waals surface area contributed by atoms with Gasteiger partial charge in [0.15, 0.2) is 0 Å². The van der Waals surface area contributed by atoms with Crippen molar-refractivity contribution in [2.75, 3.05) is 0 Å². The Balaban J connectivity index is 2.84. The minimum absolute atomic E-state index is 0.566. The molecule has 0 unspecified atom stereocenters. The lowest BCUT2D eigenvalue weighted by Gasteiger charge is -2.04. The molecule has 0 heterocycles. The average Bonchev–Trinajstić information content (AvgIpc) is 2.13. The van der Waals surface area contributed by atoms with E-state index >= 15 is 0 Å². The molecular formula is C10H15N. The maximum Gasteiger partial charge on any atom is 0.0122 e. The third kappa shape index (κ3) is 2.26. The van der Waals surface area contributed by atoms with Gasteiger partial charge in [-0.05, 0) is 17.6 Å². The average molecular weight is 149 g/mol. The van der Waals surface area contributed by atoms with Crippen LogP contribution in [-0.4, -0.2) is 0 Å². The highest BCUT2D eigenvalue weighted by Gasteiger charge is 2.01. The number of nitrogens with two attached hydrogens (primary N) is 1. The highest BCUT2D eigenvalue weighted by Crippen LogP contribution is 2.15. The smallest absolute Gasteiger partial charge is 0.0122 e. The Morgan fingerprint density at radius 3 is 2.82 bits per heavy atom. The number of hydrogen-bond donors (Lipinski definition) is 1. The largest absolute Gasteiger partial charge is 0.402 e. The molecular weight excluding hydrogens is 134 g/mol. The molecule has 1 aliphatic carbocycles. The Hall–Kier alpha value is -0.980. The fourth-order valence-corrected chi connectivity index (χ4v) is 1.06. The summed E-state index contributed by atoms with van der Waals surface area (Å²) in [5, 5.41) is 0. The second kappa shape index (κ2) is 3.42. The van der Waals surface area contributed by atoms with E-state index in [0.717, 1.165) is 12.1 Å². The van der Waals surface area contributed by atoms with Crippen molar-refractivity contribution in [1.29, 1.82) is 0 Å². The van der Waals surface area contributed by atoms with Gasteiger partial charge in [0.25, 0.3) is 0 Å². The molecule has 11 heavy (non-hydrogen) atoms. The first-order valence-electron chi connectivity index (χ1n) is 4.03. The highest BCUT2D eigenvalue weighted by molar-refractivity contribution is 5.31. The van der Waals surface area contributed by atoms with Gasteiger partial charge in [-0.2, -0.15) is 0 Å². The molecule has 1 heteroatoms. The van der Waals surface area contributed by atoms with E-state index in [-0.39, 0.29) is 0 Å². The normalized spacial score (nSPS) is 17.7. The summed E-state index contributed by atoms with van der Waals surface area (Å²) in [5.74, 6) is 0.566. The molecule has 0 atom stereocenters. The Morgan fingerprint density at radius 1 is 1.45 bits per heavy atom. The van der Waals surface area contributed by atoms with Crippen LogP contribution in [0.3, 0.4) is 0 Å². The van der Waals surface area contributed by atoms with E-state index in [1.54, 1.807) is 0 Å². The molecule has 1 rings (SSSR count). The van der Waals surface area contributed by atoms with Gasteiger partial charge in [0.1, 0.15) is 0 Å². The van der Waals surface area contributed by atoms with E-state index in [4.69, 9.17) is 5.73 Å². The van der Waals surface area contributed by atoms with Gasteiger partial charge in [-0.15, -0.1) is 0 Å². The van der Waals surface area contributed by atoms with Crippen molar-refractivity contribution in [3.8, 4) is 0 Å². The molecule has 0 spiro atoms. The number of allylic oxidation sites excluding steroid dienone is 5. The molecule has 0 saturated heterocycles. The summed E-state index contributed by atoms with van der Waals surface area (Å²) < 4.78 is 0. The third-order valence-corrected chi connectivity index (χ3v) is 1.80. The van der Waals surface area contributed by atoms with Crippen molar-refractivity contribution >= 4 is 0 Å². The summed E-state index contributed by atoms with van der Waals surface area (Å²) in [5.41, 5.74) is 8.01. The van der Waals surface area contributed by atoms with Crippen LogP contribution >= 0.6 is 0 Å². The first kappa shape index (κ1) is 8.12. The first-order chi connectivity index (χ1) is 5.20. The second-order valence-electron chi connectivity index (χ2n) is 3.17. The summed E-state index contributed by atoms with van der Waals surface area (Å²) in [6, 6.07) is 0. The van der Waals surface area contributed by atoms with Crippen molar-refractivity contribution in [2.24, 2.45) is 11.7 Å². The summed E-state index contributed by atoms with van der Waals surface area (Å²) in [4.78, 5) is 0. The van der Waals surface area contributed by atoms with E-state index in [1.165, 1.54) is 5.57 Å². The molecule has 1 aliphatic rings. The van der Waals surface area contributed by atoms with Crippen LogP contribution in [0.15, 0.2) is 35.6 Å². The lowest BCUT2D eigenvalue weighted by molar-refractivity contribution is 0.789. The predicted molar refractivity (Wildman–Crippen MR) is 48.9 cm³/mol. The molecule has 0 bridgehead atoms. The first-order valence-corrected chi connectivity index (χ1v) is 4.03. The van der Waals surface area contributed by atoms with E-state index < -0.39 is 0 Å². The van der Waals surface area contributed by atoms with Gasteiger partial charge >= 0.3 is 0 Å². The Labute approximate surface area is 68.3 Å². The second-order valence-corrected chi connectivity index (χ2v) is 3.17. The minimum atomic E-state index is 0.566. The van der Waals surface area contributed by atoms with Crippen LogP contribution in [0.4, 0.5) is 0 Å². The van der Waals surface area contributed by atoms with Crippen molar-refractivity contribution in [3.63, 3.8) is 0 Å². The molecule has 0 radical (unpaired) electrons. The fraction of sp³-hybridized carbons (Fsp3) is 0.400. The van der Waals surface area contributed by atoms with Crippen molar-refractivity contribution in [2.45, 2.75) is 20.3 Å². The minimum Gasteiger partial charge on any atom is -0.402 e. The van der Waals surface area contributed by atoms with E-state index in [1.807, 2.05) is 0 Å². The van der Waals surface area contributed by atoms with Crippen molar-refractivity contribution < 1.29 is 0 Å². The molecule has 0 aromatic carbocycles. The van der Waals surface area contributed by atoms with Crippen molar-refractivity contribution in [1.82, 2.24) is 0 Å². The van der Waals surface area contributed by atoms with Crippen LogP contribution in [0, 0.1) is 5.92 Å². The molecule has 60 valence electrons. The molecule has 0 fully saturated rings. The molecule has 0 saturated carbocycles. The van der Waals surface area contributed by atoms with Crippen LogP contribution in [0.5, 0.6) is 0 Å². The van der Waals surface area contributed by atoms with Gasteiger partial charge in [-0.25, -0.2) is 0 Å². The Morgan fingerprint density at radius 2 is 2.18 bits per heavy atom. The summed E-state index contributed by atoms with van der Waals surface area (Å²) in [7, 11) is 0. The van der Waals surface area contributed by atoms with Crippen LogP contribution in [0.2, 0.25) is 0 Å². The molecule has 0 amide bonds.